The molecule has 0 N–H and O–H groups in total. The largest absolute Gasteiger partial charge is 0.469 e. The molecule has 108 valence electrons. The highest BCUT2D eigenvalue weighted by atomic mass is 16.5. The van der Waals surface area contributed by atoms with Crippen molar-refractivity contribution in [1.82, 2.24) is 0 Å². The average Bonchev–Trinajstić information content (AvgIpc) is 2.37. The van der Waals surface area contributed by atoms with Gasteiger partial charge in [0.25, 0.3) is 5.78 Å². The van der Waals surface area contributed by atoms with Gasteiger partial charge in [-0.2, -0.15) is 0 Å². The molecule has 0 aromatic heterocycles. The van der Waals surface area contributed by atoms with Gasteiger partial charge in [0.15, 0.2) is 0 Å². The first kappa shape index (κ1) is 17.1. The number of hydrogen-bond donors (Lipinski definition) is 0. The summed E-state index contributed by atoms with van der Waals surface area (Å²) in [7, 11) is 1.11. The molecule has 7 heteroatoms. The van der Waals surface area contributed by atoms with Crippen LogP contribution in [0.5, 0.6) is 0 Å². The van der Waals surface area contributed by atoms with E-state index < -0.39 is 35.5 Å². The smallest absolute Gasteiger partial charge is 0.375 e. The van der Waals surface area contributed by atoms with Crippen LogP contribution in [0.15, 0.2) is 0 Å². The first-order valence-electron chi connectivity index (χ1n) is 5.79. The number of Topliss-reactive ketones (excluding diaryl/α,β-unsaturated/α-hetero) is 1. The van der Waals surface area contributed by atoms with E-state index in [1.165, 1.54) is 6.92 Å². The molecule has 0 spiro atoms. The molecule has 0 heterocycles. The van der Waals surface area contributed by atoms with Crippen LogP contribution >= 0.6 is 0 Å². The van der Waals surface area contributed by atoms with Gasteiger partial charge in [-0.1, -0.05) is 0 Å². The summed E-state index contributed by atoms with van der Waals surface area (Å²) >= 11 is 0. The predicted molar refractivity (Wildman–Crippen MR) is 63.0 cm³/mol. The second-order valence-corrected chi connectivity index (χ2v) is 3.86. The van der Waals surface area contributed by atoms with Gasteiger partial charge in [-0.25, -0.2) is 4.79 Å². The zero-order chi connectivity index (χ0) is 15.1. The van der Waals surface area contributed by atoms with Crippen molar-refractivity contribution < 1.29 is 33.4 Å². The highest BCUT2D eigenvalue weighted by Crippen LogP contribution is 2.26. The highest BCUT2D eigenvalue weighted by molar-refractivity contribution is 6.40. The molecule has 1 unspecified atom stereocenters. The Kier molecular flexibility index (Phi) is 6.74. The van der Waals surface area contributed by atoms with E-state index in [0.29, 0.717) is 0 Å². The number of rotatable bonds is 7. The summed E-state index contributed by atoms with van der Waals surface area (Å²) in [5.41, 5.74) is -1.94. The Morgan fingerprint density at radius 3 is 1.95 bits per heavy atom. The van der Waals surface area contributed by atoms with E-state index in [1.807, 2.05) is 0 Å². The van der Waals surface area contributed by atoms with Gasteiger partial charge in [-0.15, -0.1) is 0 Å². The predicted octanol–water partition coefficient (Wildman–Crippen LogP) is 0.251. The molecule has 0 aromatic rings. The van der Waals surface area contributed by atoms with Crippen LogP contribution in [0.4, 0.5) is 0 Å². The molecule has 0 aliphatic rings. The monoisotopic (exact) mass is 274 g/mol. The second kappa shape index (κ2) is 7.50. The van der Waals surface area contributed by atoms with Crippen molar-refractivity contribution in [3.8, 4) is 0 Å². The number of carbonyl (C=O) groups is 4. The fourth-order valence-corrected chi connectivity index (χ4v) is 1.32. The highest BCUT2D eigenvalue weighted by Gasteiger charge is 2.48. The molecular weight excluding hydrogens is 256 g/mol. The molecule has 0 radical (unpaired) electrons. The van der Waals surface area contributed by atoms with Crippen LogP contribution in [0.25, 0.3) is 0 Å². The molecular formula is C12H18O7. The fourth-order valence-electron chi connectivity index (χ4n) is 1.32. The van der Waals surface area contributed by atoms with Crippen LogP contribution in [0.2, 0.25) is 0 Å². The second-order valence-electron chi connectivity index (χ2n) is 3.86. The number of carbonyl (C=O) groups excluding carboxylic acids is 4. The number of esters is 3. The zero-order valence-corrected chi connectivity index (χ0v) is 11.5. The molecule has 0 amide bonds. The van der Waals surface area contributed by atoms with Crippen LogP contribution in [-0.2, 0) is 33.4 Å². The average molecular weight is 274 g/mol. The Balaban J connectivity index is 5.25. The van der Waals surface area contributed by atoms with Crippen molar-refractivity contribution in [2.75, 3.05) is 20.3 Å². The van der Waals surface area contributed by atoms with Crippen LogP contribution in [0.3, 0.4) is 0 Å². The van der Waals surface area contributed by atoms with E-state index in [-0.39, 0.29) is 13.2 Å². The number of methoxy groups -OCH3 is 1. The third-order valence-corrected chi connectivity index (χ3v) is 2.41. The summed E-state index contributed by atoms with van der Waals surface area (Å²) in [5, 5.41) is 0. The van der Waals surface area contributed by atoms with Gasteiger partial charge < -0.3 is 14.2 Å². The molecule has 7 nitrogen and oxygen atoms in total. The van der Waals surface area contributed by atoms with Gasteiger partial charge in [0.05, 0.1) is 26.7 Å². The summed E-state index contributed by atoms with van der Waals surface area (Å²) < 4.78 is 13.7. The van der Waals surface area contributed by atoms with Crippen LogP contribution in [-0.4, -0.2) is 44.0 Å². The Labute approximate surface area is 111 Å². The van der Waals surface area contributed by atoms with Crippen molar-refractivity contribution in [2.24, 2.45) is 5.41 Å². The molecule has 19 heavy (non-hydrogen) atoms. The van der Waals surface area contributed by atoms with Gasteiger partial charge in [-0.05, 0) is 20.8 Å². The quantitative estimate of drug-likeness (QED) is 0.284. The Morgan fingerprint density at radius 2 is 1.53 bits per heavy atom. The minimum atomic E-state index is -1.94. The lowest BCUT2D eigenvalue weighted by atomic mass is 9.82. The van der Waals surface area contributed by atoms with E-state index in [9.17, 15) is 19.2 Å². The van der Waals surface area contributed by atoms with E-state index in [0.717, 1.165) is 14.0 Å². The normalized spacial score (nSPS) is 13.1. The maximum absolute atomic E-state index is 11.9. The first-order valence-corrected chi connectivity index (χ1v) is 5.79. The summed E-state index contributed by atoms with van der Waals surface area (Å²) in [6.45, 7) is 4.23. The van der Waals surface area contributed by atoms with E-state index in [2.05, 4.69) is 9.47 Å². The number of hydrogen-bond acceptors (Lipinski definition) is 7. The molecule has 1 atom stereocenters. The Hall–Kier alpha value is -1.92. The van der Waals surface area contributed by atoms with Crippen molar-refractivity contribution >= 4 is 23.7 Å². The summed E-state index contributed by atoms with van der Waals surface area (Å²) in [4.78, 5) is 46.5. The zero-order valence-electron chi connectivity index (χ0n) is 11.5. The third-order valence-electron chi connectivity index (χ3n) is 2.41. The van der Waals surface area contributed by atoms with Crippen LogP contribution in [0.1, 0.15) is 27.2 Å². The minimum absolute atomic E-state index is 0.0122. The number of ketones is 1. The summed E-state index contributed by atoms with van der Waals surface area (Å²) in [6.07, 6.45) is -0.583. The van der Waals surface area contributed by atoms with E-state index >= 15 is 0 Å². The molecule has 0 saturated carbocycles. The molecule has 0 bridgehead atoms. The fraction of sp³-hybridized carbons (Fsp3) is 0.667. The molecule has 0 aliphatic carbocycles. The van der Waals surface area contributed by atoms with Crippen LogP contribution < -0.4 is 0 Å². The molecule has 0 aromatic carbocycles. The van der Waals surface area contributed by atoms with Gasteiger partial charge in [0.2, 0.25) is 0 Å². The standard InChI is InChI=1S/C12H18O7/c1-5-18-10(15)9(14)12(3,7-8(13)17-4)11(16)19-6-2/h5-7H2,1-4H3. The van der Waals surface area contributed by atoms with Crippen molar-refractivity contribution in [3.63, 3.8) is 0 Å². The first-order chi connectivity index (χ1) is 8.83. The Morgan fingerprint density at radius 1 is 1.00 bits per heavy atom. The lowest BCUT2D eigenvalue weighted by Crippen LogP contribution is -2.44. The van der Waals surface area contributed by atoms with Gasteiger partial charge >= 0.3 is 17.9 Å². The van der Waals surface area contributed by atoms with Crippen LogP contribution in [0, 0.1) is 5.41 Å². The summed E-state index contributed by atoms with van der Waals surface area (Å²) in [5.74, 6) is -4.06. The van der Waals surface area contributed by atoms with Gasteiger partial charge in [-0.3, -0.25) is 14.4 Å². The molecule has 0 rings (SSSR count). The van der Waals surface area contributed by atoms with Gasteiger partial charge in [0.1, 0.15) is 5.41 Å². The maximum Gasteiger partial charge on any atom is 0.375 e. The Bertz CT molecular complexity index is 374. The minimum Gasteiger partial charge on any atom is -0.469 e. The summed E-state index contributed by atoms with van der Waals surface area (Å²) in [6, 6.07) is 0. The third kappa shape index (κ3) is 4.35. The van der Waals surface area contributed by atoms with E-state index in [1.54, 1.807) is 6.92 Å². The molecule has 0 saturated heterocycles. The maximum atomic E-state index is 11.9. The van der Waals surface area contributed by atoms with Crippen molar-refractivity contribution in [1.29, 1.82) is 0 Å². The molecule has 0 aliphatic heterocycles. The van der Waals surface area contributed by atoms with E-state index in [4.69, 9.17) is 4.74 Å². The number of ether oxygens (including phenoxy) is 3. The SMILES string of the molecule is CCOC(=O)C(=O)C(C)(CC(=O)OC)C(=O)OCC. The lowest BCUT2D eigenvalue weighted by Gasteiger charge is -2.23. The molecule has 0 fully saturated rings. The lowest BCUT2D eigenvalue weighted by molar-refractivity contribution is -0.171. The van der Waals surface area contributed by atoms with Gasteiger partial charge in [0, 0.05) is 0 Å². The van der Waals surface area contributed by atoms with Crippen molar-refractivity contribution in [2.45, 2.75) is 27.2 Å². The topological polar surface area (TPSA) is 96.0 Å². The van der Waals surface area contributed by atoms with Crippen molar-refractivity contribution in [3.05, 3.63) is 0 Å².